The quantitative estimate of drug-likeness (QED) is 0.548. The highest BCUT2D eigenvalue weighted by molar-refractivity contribution is 8.00. The van der Waals surface area contributed by atoms with Gasteiger partial charge in [0.25, 0.3) is 0 Å². The molecule has 0 aliphatic carbocycles. The summed E-state index contributed by atoms with van der Waals surface area (Å²) < 4.78 is 17.7. The zero-order valence-electron chi connectivity index (χ0n) is 11.9. The lowest BCUT2D eigenvalue weighted by molar-refractivity contribution is -0.904. The molecule has 1 aliphatic rings. The predicted octanol–water partition coefficient (Wildman–Crippen LogP) is 1.79. The predicted molar refractivity (Wildman–Crippen MR) is 74.0 cm³/mol. The molecule has 17 heavy (non-hydrogen) atoms. The van der Waals surface area contributed by atoms with Crippen LogP contribution in [0.4, 0.5) is 0 Å². The van der Waals surface area contributed by atoms with Crippen LogP contribution in [-0.4, -0.2) is 66.4 Å². The van der Waals surface area contributed by atoms with Crippen LogP contribution in [0.3, 0.4) is 0 Å². The molecular formula is C11H26NO3SSi+. The molecule has 0 aromatic rings. The van der Waals surface area contributed by atoms with E-state index in [1.807, 2.05) is 11.8 Å². The Balaban J connectivity index is 2.94. The van der Waals surface area contributed by atoms with Crippen molar-refractivity contribution in [3.05, 3.63) is 0 Å². The second-order valence-corrected chi connectivity index (χ2v) is 9.78. The summed E-state index contributed by atoms with van der Waals surface area (Å²) in [7, 11) is 9.33. The Bertz CT molecular complexity index is 239. The van der Waals surface area contributed by atoms with Crippen LogP contribution in [-0.2, 0) is 13.3 Å². The zero-order chi connectivity index (χ0) is 13.2. The maximum Gasteiger partial charge on any atom is 0.507 e. The summed E-state index contributed by atoms with van der Waals surface area (Å²) in [5.41, 5.74) is 0. The monoisotopic (exact) mass is 280 g/mol. The van der Waals surface area contributed by atoms with Crippen molar-refractivity contribution in [2.45, 2.75) is 23.8 Å². The second kappa shape index (κ2) is 5.58. The van der Waals surface area contributed by atoms with E-state index in [1.165, 1.54) is 18.6 Å². The molecule has 1 fully saturated rings. The van der Waals surface area contributed by atoms with Crippen molar-refractivity contribution >= 4 is 20.6 Å². The first-order valence-electron chi connectivity index (χ1n) is 5.96. The third-order valence-corrected chi connectivity index (χ3v) is 8.80. The first-order chi connectivity index (χ1) is 7.85. The maximum absolute atomic E-state index is 5.59. The summed E-state index contributed by atoms with van der Waals surface area (Å²) >= 11 is 2.04. The summed E-state index contributed by atoms with van der Waals surface area (Å²) in [5.74, 6) is 1.22. The summed E-state index contributed by atoms with van der Waals surface area (Å²) in [4.78, 5) is 0.161. The highest BCUT2D eigenvalue weighted by Crippen LogP contribution is 2.48. The van der Waals surface area contributed by atoms with Gasteiger partial charge in [-0.1, -0.05) is 11.8 Å². The van der Waals surface area contributed by atoms with E-state index >= 15 is 0 Å². The van der Waals surface area contributed by atoms with E-state index in [1.54, 1.807) is 21.3 Å². The fraction of sp³-hybridized carbons (Fsp3) is 1.00. The Kier molecular flexibility index (Phi) is 5.08. The highest BCUT2D eigenvalue weighted by Gasteiger charge is 2.56. The molecule has 102 valence electrons. The van der Waals surface area contributed by atoms with Crippen LogP contribution in [0.25, 0.3) is 0 Å². The van der Waals surface area contributed by atoms with Crippen LogP contribution in [0.5, 0.6) is 0 Å². The minimum absolute atomic E-state index is 0.161. The number of hydrogen-bond donors (Lipinski definition) is 0. The van der Waals surface area contributed by atoms with Gasteiger partial charge in [0.2, 0.25) is 0 Å². The molecule has 1 aliphatic heterocycles. The van der Waals surface area contributed by atoms with Gasteiger partial charge in [0, 0.05) is 27.8 Å². The second-order valence-electron chi connectivity index (χ2n) is 5.38. The van der Waals surface area contributed by atoms with Gasteiger partial charge >= 0.3 is 8.80 Å². The summed E-state index contributed by atoms with van der Waals surface area (Å²) in [6, 6.07) is 0.873. The smallest absolute Gasteiger partial charge is 0.377 e. The number of nitrogens with zero attached hydrogens (tertiary/aromatic N) is 1. The van der Waals surface area contributed by atoms with Gasteiger partial charge in [-0.15, -0.1) is 0 Å². The molecular weight excluding hydrogens is 254 g/mol. The van der Waals surface area contributed by atoms with Crippen molar-refractivity contribution < 1.29 is 17.8 Å². The van der Waals surface area contributed by atoms with Crippen molar-refractivity contribution in [2.24, 2.45) is 0 Å². The fourth-order valence-corrected chi connectivity index (χ4v) is 6.94. The van der Waals surface area contributed by atoms with Gasteiger partial charge in [0.15, 0.2) is 0 Å². The van der Waals surface area contributed by atoms with Gasteiger partial charge < -0.3 is 17.8 Å². The van der Waals surface area contributed by atoms with Gasteiger partial charge in [-0.25, -0.2) is 0 Å². The minimum atomic E-state index is -2.50. The Morgan fingerprint density at radius 3 is 1.94 bits per heavy atom. The van der Waals surface area contributed by atoms with Crippen molar-refractivity contribution in [1.82, 2.24) is 0 Å². The molecule has 0 saturated carbocycles. The SMILES string of the molecule is CO[Si](CC1([N+](C)(C)C)CCCS1)(OC)OC. The van der Waals surface area contributed by atoms with Gasteiger partial charge in [0.1, 0.15) is 4.87 Å². The Hall–Kier alpha value is 0.407. The number of hydrogen-bond acceptors (Lipinski definition) is 4. The molecule has 0 spiro atoms. The van der Waals surface area contributed by atoms with E-state index in [0.717, 1.165) is 10.5 Å². The molecule has 0 aromatic heterocycles. The fourth-order valence-electron chi connectivity index (χ4n) is 2.39. The average molecular weight is 280 g/mol. The third kappa shape index (κ3) is 3.05. The van der Waals surface area contributed by atoms with Crippen LogP contribution >= 0.6 is 11.8 Å². The molecule has 1 saturated heterocycles. The Morgan fingerprint density at radius 2 is 1.65 bits per heavy atom. The summed E-state index contributed by atoms with van der Waals surface area (Å²) in [6.45, 7) is 0. The first-order valence-corrected chi connectivity index (χ1v) is 8.87. The topological polar surface area (TPSA) is 27.7 Å². The standard InChI is InChI=1S/C11H26NO3SSi/c1-12(2,3)11(8-7-9-16-11)10-17(13-4,14-5)15-6/h7-10H2,1-6H3/q+1. The number of thioether (sulfide) groups is 1. The van der Waals surface area contributed by atoms with Gasteiger partial charge in [-0.3, -0.25) is 0 Å². The average Bonchev–Trinajstić information content (AvgIpc) is 2.75. The summed E-state index contributed by atoms with van der Waals surface area (Å²) in [6.07, 6.45) is 2.47. The van der Waals surface area contributed by atoms with Crippen molar-refractivity contribution in [1.29, 1.82) is 0 Å². The highest BCUT2D eigenvalue weighted by atomic mass is 32.2. The lowest BCUT2D eigenvalue weighted by Gasteiger charge is -2.45. The number of quaternary nitrogens is 1. The molecule has 1 rings (SSSR count). The molecule has 6 heteroatoms. The van der Waals surface area contributed by atoms with Gasteiger partial charge in [-0.2, -0.15) is 0 Å². The van der Waals surface area contributed by atoms with E-state index < -0.39 is 8.80 Å². The first kappa shape index (κ1) is 15.5. The molecule has 1 unspecified atom stereocenters. The van der Waals surface area contributed by atoms with Gasteiger partial charge in [0.05, 0.1) is 27.2 Å². The van der Waals surface area contributed by atoms with E-state index in [0.29, 0.717) is 0 Å². The third-order valence-electron chi connectivity index (χ3n) is 3.73. The minimum Gasteiger partial charge on any atom is -0.377 e. The largest absolute Gasteiger partial charge is 0.507 e. The van der Waals surface area contributed by atoms with Crippen LogP contribution in [0.1, 0.15) is 12.8 Å². The molecule has 4 nitrogen and oxygen atoms in total. The van der Waals surface area contributed by atoms with Crippen molar-refractivity contribution in [3.8, 4) is 0 Å². The van der Waals surface area contributed by atoms with Crippen LogP contribution in [0, 0.1) is 0 Å². The Morgan fingerprint density at radius 1 is 1.12 bits per heavy atom. The number of rotatable bonds is 6. The van der Waals surface area contributed by atoms with Crippen molar-refractivity contribution in [2.75, 3.05) is 48.2 Å². The zero-order valence-corrected chi connectivity index (χ0v) is 13.7. The van der Waals surface area contributed by atoms with E-state index in [2.05, 4.69) is 21.1 Å². The van der Waals surface area contributed by atoms with E-state index in [9.17, 15) is 0 Å². The molecule has 1 atom stereocenters. The normalized spacial score (nSPS) is 26.5. The van der Waals surface area contributed by atoms with Crippen LogP contribution in [0.15, 0.2) is 0 Å². The van der Waals surface area contributed by atoms with Crippen LogP contribution in [0.2, 0.25) is 6.04 Å². The molecule has 0 bridgehead atoms. The van der Waals surface area contributed by atoms with Crippen LogP contribution < -0.4 is 0 Å². The molecule has 0 amide bonds. The van der Waals surface area contributed by atoms with Crippen molar-refractivity contribution in [3.63, 3.8) is 0 Å². The Labute approximate surface area is 111 Å². The summed E-state index contributed by atoms with van der Waals surface area (Å²) in [5, 5.41) is 0. The van der Waals surface area contributed by atoms with E-state index in [4.69, 9.17) is 13.3 Å². The molecule has 1 heterocycles. The maximum atomic E-state index is 5.59. The lowest BCUT2D eigenvalue weighted by Crippen LogP contribution is -2.59. The molecule has 0 radical (unpaired) electrons. The van der Waals surface area contributed by atoms with Gasteiger partial charge in [-0.05, 0) is 12.2 Å². The molecule has 0 N–H and O–H groups in total. The van der Waals surface area contributed by atoms with E-state index in [-0.39, 0.29) is 4.87 Å². The molecule has 0 aromatic carbocycles. The lowest BCUT2D eigenvalue weighted by atomic mass is 10.1.